The van der Waals surface area contributed by atoms with Crippen LogP contribution < -0.4 is 4.90 Å². The Balaban J connectivity index is 4.07. The minimum atomic E-state index is -3.58. The van der Waals surface area contributed by atoms with Gasteiger partial charge >= 0.3 is 17.6 Å². The first kappa shape index (κ1) is 32.3. The molecule has 1 heterocycles. The molecule has 3 unspecified atom stereocenters. The summed E-state index contributed by atoms with van der Waals surface area (Å²) >= 11 is 0. The Kier molecular flexibility index (Phi) is 15.2. The van der Waals surface area contributed by atoms with Crippen molar-refractivity contribution in [3.63, 3.8) is 0 Å². The van der Waals surface area contributed by atoms with Gasteiger partial charge in [-0.1, -0.05) is 19.0 Å². The van der Waals surface area contributed by atoms with Gasteiger partial charge in [-0.25, -0.2) is 15.0 Å². The number of nitrogens with zero attached hydrogens (tertiary/aromatic N) is 7. The molecule has 0 amide bonds. The first-order valence-corrected chi connectivity index (χ1v) is 16.3. The molecule has 36 heavy (non-hydrogen) atoms. The van der Waals surface area contributed by atoms with E-state index in [4.69, 9.17) is 26.6 Å². The predicted octanol–water partition coefficient (Wildman–Crippen LogP) is 3.70. The van der Waals surface area contributed by atoms with Crippen molar-refractivity contribution in [2.75, 3.05) is 44.5 Å². The van der Waals surface area contributed by atoms with Crippen LogP contribution in [0.5, 0.6) is 0 Å². The van der Waals surface area contributed by atoms with Crippen LogP contribution in [0.2, 0.25) is 0 Å². The second kappa shape index (κ2) is 16.9. The second-order valence-electron chi connectivity index (χ2n) is 7.47. The third-order valence-corrected chi connectivity index (χ3v) is 12.4. The van der Waals surface area contributed by atoms with Gasteiger partial charge in [0.1, 0.15) is 24.0 Å². The van der Waals surface area contributed by atoms with Crippen LogP contribution in [-0.2, 0) is 26.6 Å². The van der Waals surface area contributed by atoms with E-state index in [0.29, 0.717) is 52.0 Å². The van der Waals surface area contributed by atoms with Gasteiger partial charge in [0.25, 0.3) is 0 Å². The lowest BCUT2D eigenvalue weighted by atomic mass is 10.3. The fraction of sp³-hybridized carbons (Fsp3) is 0.857. The van der Waals surface area contributed by atoms with E-state index in [1.807, 2.05) is 53.4 Å². The molecule has 0 fully saturated rings. The molecular formula is C21H43N7O6Si2. The molecule has 0 N–H and O–H groups in total. The van der Waals surface area contributed by atoms with E-state index in [-0.39, 0.29) is 0 Å². The first-order chi connectivity index (χ1) is 17.4. The minimum Gasteiger partial charge on any atom is -0.373 e. The molecule has 0 aliphatic rings. The SMILES string of the molecule is CCO[Si](OCC)(OCC)C(CC)N(c1ncncn1)C(C(C)N=[N+]=[N-])[Si](OCC)(OCC)OCC. The molecule has 0 saturated heterocycles. The highest BCUT2D eigenvalue weighted by Gasteiger charge is 2.61. The van der Waals surface area contributed by atoms with Gasteiger partial charge in [-0.05, 0) is 53.5 Å². The van der Waals surface area contributed by atoms with E-state index in [1.165, 1.54) is 12.7 Å². The van der Waals surface area contributed by atoms with Crippen molar-refractivity contribution < 1.29 is 26.6 Å². The molecule has 0 aliphatic carbocycles. The highest BCUT2D eigenvalue weighted by molar-refractivity contribution is 6.66. The van der Waals surface area contributed by atoms with Crippen molar-refractivity contribution in [1.29, 1.82) is 0 Å². The van der Waals surface area contributed by atoms with Crippen LogP contribution >= 0.6 is 0 Å². The molecule has 1 aromatic rings. The summed E-state index contributed by atoms with van der Waals surface area (Å²) in [5.41, 5.74) is 8.24. The van der Waals surface area contributed by atoms with Gasteiger partial charge in [0, 0.05) is 44.6 Å². The Labute approximate surface area is 217 Å². The molecule has 0 spiro atoms. The molecule has 0 radical (unpaired) electrons. The summed E-state index contributed by atoms with van der Waals surface area (Å²) in [6.07, 6.45) is 3.37. The third-order valence-electron chi connectivity index (χ3n) is 5.27. The molecule has 0 aliphatic heterocycles. The van der Waals surface area contributed by atoms with Crippen LogP contribution in [0.1, 0.15) is 61.8 Å². The van der Waals surface area contributed by atoms with Crippen molar-refractivity contribution in [3.05, 3.63) is 23.1 Å². The summed E-state index contributed by atoms with van der Waals surface area (Å²) in [6.45, 7) is 17.3. The Morgan fingerprint density at radius 2 is 1.22 bits per heavy atom. The number of hydrogen-bond acceptors (Lipinski definition) is 11. The summed E-state index contributed by atoms with van der Waals surface area (Å²) in [4.78, 5) is 18.0. The standard InChI is InChI=1S/C21H43N7O6Si2/c1-9-19(35(29-10-2,30-11-3)31-12-4)28(21-24-16-23-17-25-21)20(18(8)26-27-22)36(32-13-5,33-14-6)34-15-7/h16-20H,9-15H2,1-8H3. The molecule has 1 rings (SSSR count). The van der Waals surface area contributed by atoms with Crippen LogP contribution in [0.25, 0.3) is 10.4 Å². The maximum Gasteiger partial charge on any atom is 0.525 e. The van der Waals surface area contributed by atoms with Crippen LogP contribution in [0, 0.1) is 0 Å². The summed E-state index contributed by atoms with van der Waals surface area (Å²) in [5.74, 6) is 0.328. The van der Waals surface area contributed by atoms with Crippen molar-refractivity contribution in [1.82, 2.24) is 15.0 Å². The van der Waals surface area contributed by atoms with Crippen molar-refractivity contribution in [2.24, 2.45) is 5.11 Å². The second-order valence-corrected chi connectivity index (χ2v) is 12.9. The highest BCUT2D eigenvalue weighted by atomic mass is 28.4. The smallest absolute Gasteiger partial charge is 0.373 e. The number of anilines is 1. The molecule has 3 atom stereocenters. The van der Waals surface area contributed by atoms with E-state index in [9.17, 15) is 5.53 Å². The fourth-order valence-corrected chi connectivity index (χ4v) is 10.8. The fourth-order valence-electron chi connectivity index (χ4n) is 4.29. The van der Waals surface area contributed by atoms with Crippen LogP contribution in [0.15, 0.2) is 17.8 Å². The van der Waals surface area contributed by atoms with Crippen LogP contribution in [0.3, 0.4) is 0 Å². The normalized spacial score (nSPS) is 14.7. The molecule has 0 aromatic carbocycles. The molecule has 0 saturated carbocycles. The predicted molar refractivity (Wildman–Crippen MR) is 140 cm³/mol. The van der Waals surface area contributed by atoms with E-state index in [1.54, 1.807) is 6.92 Å². The molecule has 15 heteroatoms. The van der Waals surface area contributed by atoms with Gasteiger partial charge in [0.15, 0.2) is 0 Å². The third kappa shape index (κ3) is 7.90. The number of hydrogen-bond donors (Lipinski definition) is 0. The lowest BCUT2D eigenvalue weighted by Crippen LogP contribution is -2.73. The van der Waals surface area contributed by atoms with Crippen LogP contribution in [-0.4, -0.2) is 89.6 Å². The van der Waals surface area contributed by atoms with Crippen molar-refractivity contribution in [3.8, 4) is 0 Å². The largest absolute Gasteiger partial charge is 0.525 e. The van der Waals surface area contributed by atoms with E-state index >= 15 is 0 Å². The minimum absolute atomic E-state index is 0.328. The van der Waals surface area contributed by atoms with Gasteiger partial charge in [-0.2, -0.15) is 0 Å². The van der Waals surface area contributed by atoms with Crippen molar-refractivity contribution in [2.45, 2.75) is 79.2 Å². The topological polar surface area (TPSA) is 146 Å². The monoisotopic (exact) mass is 545 g/mol. The quantitative estimate of drug-likeness (QED) is 0.103. The Hall–Kier alpha value is -1.69. The average molecular weight is 546 g/mol. The maximum absolute atomic E-state index is 9.43. The van der Waals surface area contributed by atoms with Gasteiger partial charge in [-0.15, -0.1) is 0 Å². The van der Waals surface area contributed by atoms with Gasteiger partial charge in [0.2, 0.25) is 5.95 Å². The molecule has 1 aromatic heterocycles. The number of azide groups is 1. The molecule has 206 valence electrons. The zero-order valence-corrected chi connectivity index (χ0v) is 24.9. The Bertz CT molecular complexity index is 744. The first-order valence-electron chi connectivity index (χ1n) is 12.7. The average Bonchev–Trinajstić information content (AvgIpc) is 2.85. The lowest BCUT2D eigenvalue weighted by Gasteiger charge is -2.48. The maximum atomic E-state index is 9.43. The Morgan fingerprint density at radius 1 is 0.806 bits per heavy atom. The summed E-state index contributed by atoms with van der Waals surface area (Å²) < 4.78 is 37.9. The molecule has 13 nitrogen and oxygen atoms in total. The Morgan fingerprint density at radius 3 is 1.58 bits per heavy atom. The van der Waals surface area contributed by atoms with E-state index < -0.39 is 35.0 Å². The summed E-state index contributed by atoms with van der Waals surface area (Å²) in [6, 6.07) is -0.659. The van der Waals surface area contributed by atoms with Crippen LogP contribution in [0.4, 0.5) is 5.95 Å². The van der Waals surface area contributed by atoms with E-state index in [0.717, 1.165) is 0 Å². The molecular weight excluding hydrogens is 502 g/mol. The van der Waals surface area contributed by atoms with Gasteiger partial charge in [0.05, 0.1) is 6.04 Å². The summed E-state index contributed by atoms with van der Waals surface area (Å²) in [7, 11) is -6.99. The zero-order chi connectivity index (χ0) is 27.0. The highest BCUT2D eigenvalue weighted by Crippen LogP contribution is 2.34. The van der Waals surface area contributed by atoms with Gasteiger partial charge in [-0.3, -0.25) is 0 Å². The van der Waals surface area contributed by atoms with E-state index in [2.05, 4.69) is 25.0 Å². The summed E-state index contributed by atoms with van der Waals surface area (Å²) in [5, 5.41) is 4.08. The lowest BCUT2D eigenvalue weighted by molar-refractivity contribution is 0.0488. The number of rotatable bonds is 20. The molecule has 0 bridgehead atoms. The van der Waals surface area contributed by atoms with Gasteiger partial charge < -0.3 is 31.5 Å². The zero-order valence-electron chi connectivity index (χ0n) is 22.9. The number of aromatic nitrogens is 3. The van der Waals surface area contributed by atoms with Crippen molar-refractivity contribution >= 4 is 23.6 Å².